The van der Waals surface area contributed by atoms with Crippen LogP contribution in [0.25, 0.3) is 6.08 Å². The van der Waals surface area contributed by atoms with Gasteiger partial charge in [-0.15, -0.1) is 23.1 Å². The molecule has 0 aliphatic heterocycles. The van der Waals surface area contributed by atoms with Crippen molar-refractivity contribution in [3.8, 4) is 0 Å². The summed E-state index contributed by atoms with van der Waals surface area (Å²) >= 11 is 6.20. The minimum atomic E-state index is -0.519. The van der Waals surface area contributed by atoms with E-state index in [4.69, 9.17) is 0 Å². The van der Waals surface area contributed by atoms with E-state index in [2.05, 4.69) is 36.9 Å². The zero-order chi connectivity index (χ0) is 30.9. The molecule has 0 aliphatic carbocycles. The monoisotopic (exact) mass is 682 g/mol. The highest BCUT2D eigenvalue weighted by Crippen LogP contribution is 2.37. The third kappa shape index (κ3) is 8.53. The van der Waals surface area contributed by atoms with Crippen molar-refractivity contribution in [3.63, 3.8) is 0 Å². The number of carbonyl (C=O) groups is 3. The number of thiazole rings is 1. The van der Waals surface area contributed by atoms with Gasteiger partial charge in [0, 0.05) is 26.0 Å². The first-order chi connectivity index (χ1) is 21.3. The van der Waals surface area contributed by atoms with Crippen LogP contribution >= 0.6 is 39.0 Å². The van der Waals surface area contributed by atoms with Crippen LogP contribution in [0.4, 0.5) is 10.8 Å². The number of aromatic nitrogens is 1. The van der Waals surface area contributed by atoms with Gasteiger partial charge in [0.15, 0.2) is 5.13 Å². The number of hydrogen-bond donors (Lipinski definition) is 3. The van der Waals surface area contributed by atoms with Crippen LogP contribution < -0.4 is 16.0 Å². The first kappa shape index (κ1) is 30.9. The summed E-state index contributed by atoms with van der Waals surface area (Å²) in [5, 5.41) is 10.5. The Morgan fingerprint density at radius 1 is 0.841 bits per heavy atom. The summed E-state index contributed by atoms with van der Waals surface area (Å²) in [6.07, 6.45) is 1.62. The maximum absolute atomic E-state index is 13.4. The Balaban J connectivity index is 1.32. The molecule has 0 saturated heterocycles. The number of amides is 3. The molecule has 0 bridgehead atoms. The molecule has 1 unspecified atom stereocenters. The molecule has 220 valence electrons. The molecule has 10 heteroatoms. The highest BCUT2D eigenvalue weighted by molar-refractivity contribution is 9.10. The summed E-state index contributed by atoms with van der Waals surface area (Å²) in [6, 6.07) is 32.9. The number of hydrogen-bond acceptors (Lipinski definition) is 6. The predicted octanol–water partition coefficient (Wildman–Crippen LogP) is 8.10. The van der Waals surface area contributed by atoms with Crippen LogP contribution in [0.5, 0.6) is 0 Å². The number of thioether (sulfide) groups is 1. The molecule has 0 spiro atoms. The predicted molar refractivity (Wildman–Crippen MR) is 182 cm³/mol. The van der Waals surface area contributed by atoms with Crippen molar-refractivity contribution in [1.29, 1.82) is 0 Å². The van der Waals surface area contributed by atoms with Crippen molar-refractivity contribution in [2.24, 2.45) is 0 Å². The van der Waals surface area contributed by atoms with Gasteiger partial charge in [-0.2, -0.15) is 0 Å². The van der Waals surface area contributed by atoms with Gasteiger partial charge in [0.05, 0.1) is 5.69 Å². The van der Waals surface area contributed by atoms with Gasteiger partial charge in [-0.25, -0.2) is 4.98 Å². The van der Waals surface area contributed by atoms with Gasteiger partial charge in [0.25, 0.3) is 11.8 Å². The summed E-state index contributed by atoms with van der Waals surface area (Å²) in [4.78, 5) is 44.8. The summed E-state index contributed by atoms with van der Waals surface area (Å²) in [6.45, 7) is 1.88. The number of benzene rings is 4. The highest BCUT2D eigenvalue weighted by atomic mass is 79.9. The number of carbonyl (C=O) groups excluding carboxylic acids is 3. The maximum atomic E-state index is 13.4. The number of rotatable bonds is 10. The molecule has 1 aromatic heterocycles. The van der Waals surface area contributed by atoms with Crippen LogP contribution in [0.2, 0.25) is 0 Å². The largest absolute Gasteiger partial charge is 0.321 e. The van der Waals surface area contributed by atoms with Crippen LogP contribution in [-0.2, 0) is 9.59 Å². The first-order valence-corrected chi connectivity index (χ1v) is 16.1. The molecule has 1 atom stereocenters. The van der Waals surface area contributed by atoms with Gasteiger partial charge in [-0.3, -0.25) is 14.4 Å². The molecular formula is C34H27BrN4O3S2. The van der Waals surface area contributed by atoms with E-state index in [0.717, 1.165) is 26.2 Å². The molecule has 1 heterocycles. The third-order valence-corrected chi connectivity index (χ3v) is 8.94. The highest BCUT2D eigenvalue weighted by Gasteiger charge is 2.23. The molecule has 0 saturated carbocycles. The SMILES string of the molecule is Cc1csc(NC(=O)C(Sc2ccc(NC(=O)/C(=C/c3ccc(Br)cc3)NC(=O)c3ccccc3)cc2)c2ccccc2)n1. The topological polar surface area (TPSA) is 100 Å². The Morgan fingerprint density at radius 2 is 1.50 bits per heavy atom. The molecule has 3 N–H and O–H groups in total. The lowest BCUT2D eigenvalue weighted by Crippen LogP contribution is -2.30. The Kier molecular flexibility index (Phi) is 10.4. The van der Waals surface area contributed by atoms with Gasteiger partial charge in [0.2, 0.25) is 5.91 Å². The molecule has 0 radical (unpaired) electrons. The van der Waals surface area contributed by atoms with Gasteiger partial charge in [-0.1, -0.05) is 76.6 Å². The number of aryl methyl sites for hydroxylation is 1. The van der Waals surface area contributed by atoms with E-state index >= 15 is 0 Å². The Hall–Kier alpha value is -4.51. The van der Waals surface area contributed by atoms with Gasteiger partial charge < -0.3 is 16.0 Å². The fourth-order valence-corrected chi connectivity index (χ4v) is 6.08. The molecule has 44 heavy (non-hydrogen) atoms. The van der Waals surface area contributed by atoms with Crippen molar-refractivity contribution >= 4 is 73.6 Å². The maximum Gasteiger partial charge on any atom is 0.272 e. The molecule has 3 amide bonds. The van der Waals surface area contributed by atoms with E-state index in [-0.39, 0.29) is 11.6 Å². The van der Waals surface area contributed by atoms with Gasteiger partial charge in [0.1, 0.15) is 10.9 Å². The number of nitrogens with one attached hydrogen (secondary N) is 3. The number of nitrogens with zero attached hydrogens (tertiary/aromatic N) is 1. The van der Waals surface area contributed by atoms with Crippen LogP contribution in [0, 0.1) is 6.92 Å². The molecular weight excluding hydrogens is 656 g/mol. The Bertz CT molecular complexity index is 1780. The lowest BCUT2D eigenvalue weighted by atomic mass is 10.1. The second kappa shape index (κ2) is 14.8. The van der Waals surface area contributed by atoms with Crippen LogP contribution in [0.15, 0.2) is 130 Å². The van der Waals surface area contributed by atoms with Crippen molar-refractivity contribution in [1.82, 2.24) is 10.3 Å². The third-order valence-electron chi connectivity index (χ3n) is 6.27. The van der Waals surface area contributed by atoms with E-state index in [9.17, 15) is 14.4 Å². The van der Waals surface area contributed by atoms with E-state index in [0.29, 0.717) is 16.4 Å². The fourth-order valence-electron chi connectivity index (χ4n) is 4.10. The van der Waals surface area contributed by atoms with Crippen LogP contribution in [0.1, 0.15) is 32.4 Å². The second-order valence-corrected chi connectivity index (χ2v) is 12.6. The average molecular weight is 684 g/mol. The van der Waals surface area contributed by atoms with E-state index < -0.39 is 17.1 Å². The zero-order valence-electron chi connectivity index (χ0n) is 23.5. The van der Waals surface area contributed by atoms with Crippen molar-refractivity contribution < 1.29 is 14.4 Å². The van der Waals surface area contributed by atoms with Gasteiger partial charge in [-0.05, 0) is 72.7 Å². The molecule has 5 rings (SSSR count). The quantitative estimate of drug-likeness (QED) is 0.102. The van der Waals surface area contributed by atoms with Crippen molar-refractivity contribution in [2.75, 3.05) is 10.6 Å². The summed E-state index contributed by atoms with van der Waals surface area (Å²) < 4.78 is 0.900. The van der Waals surface area contributed by atoms with Crippen LogP contribution in [-0.4, -0.2) is 22.7 Å². The summed E-state index contributed by atoms with van der Waals surface area (Å²) in [5.74, 6) is -1.04. The average Bonchev–Trinajstić information content (AvgIpc) is 3.46. The molecule has 5 aromatic rings. The zero-order valence-corrected chi connectivity index (χ0v) is 26.7. The second-order valence-electron chi connectivity index (χ2n) is 9.60. The molecule has 4 aromatic carbocycles. The van der Waals surface area contributed by atoms with Crippen LogP contribution in [0.3, 0.4) is 0 Å². The molecule has 0 aliphatic rings. The minimum Gasteiger partial charge on any atom is -0.321 e. The number of anilines is 2. The smallest absolute Gasteiger partial charge is 0.272 e. The minimum absolute atomic E-state index is 0.0952. The Labute approximate surface area is 272 Å². The van der Waals surface area contributed by atoms with Crippen molar-refractivity contribution in [2.45, 2.75) is 17.1 Å². The van der Waals surface area contributed by atoms with E-state index in [1.807, 2.05) is 85.1 Å². The fraction of sp³-hybridized carbons (Fsp3) is 0.0588. The first-order valence-electron chi connectivity index (χ1n) is 13.5. The Morgan fingerprint density at radius 3 is 2.14 bits per heavy atom. The summed E-state index contributed by atoms with van der Waals surface area (Å²) in [5.41, 5.74) is 3.52. The number of halogens is 1. The lowest BCUT2D eigenvalue weighted by molar-refractivity contribution is -0.116. The summed E-state index contributed by atoms with van der Waals surface area (Å²) in [7, 11) is 0. The molecule has 7 nitrogen and oxygen atoms in total. The standard InChI is InChI=1S/C34H27BrN4O3S2/c1-22-21-43-34(36-22)39-33(42)30(24-8-4-2-5-9-24)44-28-18-16-27(17-19-28)37-32(41)29(20-23-12-14-26(35)15-13-23)38-31(40)25-10-6-3-7-11-25/h2-21,30H,1H3,(H,37,41)(H,38,40)(H,36,39,42)/b29-20-. The normalized spacial score (nSPS) is 11.8. The lowest BCUT2D eigenvalue weighted by Gasteiger charge is -2.17. The van der Waals surface area contributed by atoms with E-state index in [1.165, 1.54) is 23.1 Å². The molecule has 0 fully saturated rings. The van der Waals surface area contributed by atoms with Crippen molar-refractivity contribution in [3.05, 3.63) is 147 Å². The van der Waals surface area contributed by atoms with Gasteiger partial charge >= 0.3 is 0 Å². The van der Waals surface area contributed by atoms with E-state index in [1.54, 1.807) is 42.5 Å².